The number of anilines is 1. The largest absolute Gasteiger partial charge is 0.342 e. The summed E-state index contributed by atoms with van der Waals surface area (Å²) in [6.45, 7) is 4.15. The van der Waals surface area contributed by atoms with Gasteiger partial charge in [0.25, 0.3) is 5.91 Å². The molecule has 1 amide bonds. The number of carbonyl (C=O) groups is 1. The molecule has 3 aromatic rings. The molecule has 0 radical (unpaired) electrons. The molecular formula is C16H16N4O. The van der Waals surface area contributed by atoms with E-state index >= 15 is 0 Å². The third-order valence-corrected chi connectivity index (χ3v) is 3.22. The van der Waals surface area contributed by atoms with Crippen molar-refractivity contribution in [2.45, 2.75) is 19.8 Å². The number of aromatic nitrogens is 3. The van der Waals surface area contributed by atoms with Crippen molar-refractivity contribution in [1.82, 2.24) is 15.0 Å². The molecule has 2 heterocycles. The van der Waals surface area contributed by atoms with Crippen LogP contribution in [-0.2, 0) is 0 Å². The predicted octanol–water partition coefficient (Wildman–Crippen LogP) is 3.33. The van der Waals surface area contributed by atoms with Gasteiger partial charge in [-0.3, -0.25) is 4.79 Å². The van der Waals surface area contributed by atoms with Crippen LogP contribution in [0.1, 0.15) is 35.9 Å². The molecule has 0 bridgehead atoms. The molecule has 2 aromatic heterocycles. The first-order valence-electron chi connectivity index (χ1n) is 6.85. The van der Waals surface area contributed by atoms with Gasteiger partial charge in [0.1, 0.15) is 11.6 Å². The number of nitrogens with zero attached hydrogens (tertiary/aromatic N) is 2. The Balaban J connectivity index is 1.88. The van der Waals surface area contributed by atoms with Crippen molar-refractivity contribution >= 4 is 22.8 Å². The van der Waals surface area contributed by atoms with Gasteiger partial charge in [0.15, 0.2) is 0 Å². The molecule has 21 heavy (non-hydrogen) atoms. The molecule has 5 nitrogen and oxygen atoms in total. The van der Waals surface area contributed by atoms with Crippen molar-refractivity contribution in [2.24, 2.45) is 0 Å². The second-order valence-electron chi connectivity index (χ2n) is 5.18. The average molecular weight is 280 g/mol. The van der Waals surface area contributed by atoms with Crippen molar-refractivity contribution in [3.63, 3.8) is 0 Å². The summed E-state index contributed by atoms with van der Waals surface area (Å²) < 4.78 is 0. The molecule has 106 valence electrons. The van der Waals surface area contributed by atoms with E-state index in [1.54, 1.807) is 24.4 Å². The van der Waals surface area contributed by atoms with Gasteiger partial charge in [-0.25, -0.2) is 9.97 Å². The zero-order valence-electron chi connectivity index (χ0n) is 11.9. The lowest BCUT2D eigenvalue weighted by Gasteiger charge is -2.03. The lowest BCUT2D eigenvalue weighted by Crippen LogP contribution is -2.12. The van der Waals surface area contributed by atoms with Gasteiger partial charge in [-0.2, -0.15) is 0 Å². The number of pyridine rings is 1. The summed E-state index contributed by atoms with van der Waals surface area (Å²) in [6, 6.07) is 10.8. The molecule has 3 rings (SSSR count). The second-order valence-corrected chi connectivity index (χ2v) is 5.18. The first-order valence-corrected chi connectivity index (χ1v) is 6.85. The fourth-order valence-corrected chi connectivity index (χ4v) is 2.07. The van der Waals surface area contributed by atoms with Crippen LogP contribution < -0.4 is 5.32 Å². The zero-order chi connectivity index (χ0) is 14.8. The average Bonchev–Trinajstić information content (AvgIpc) is 2.91. The Morgan fingerprint density at radius 1 is 1.24 bits per heavy atom. The minimum absolute atomic E-state index is 0.184. The highest BCUT2D eigenvalue weighted by Crippen LogP contribution is 2.18. The van der Waals surface area contributed by atoms with Gasteiger partial charge in [-0.1, -0.05) is 19.9 Å². The summed E-state index contributed by atoms with van der Waals surface area (Å²) in [4.78, 5) is 24.0. The minimum Gasteiger partial charge on any atom is -0.342 e. The maximum Gasteiger partial charge on any atom is 0.256 e. The van der Waals surface area contributed by atoms with Crippen LogP contribution in [0, 0.1) is 0 Å². The van der Waals surface area contributed by atoms with E-state index in [2.05, 4.69) is 34.1 Å². The molecule has 5 heteroatoms. The summed E-state index contributed by atoms with van der Waals surface area (Å²) in [7, 11) is 0. The highest BCUT2D eigenvalue weighted by atomic mass is 16.1. The quantitative estimate of drug-likeness (QED) is 0.773. The number of nitrogens with one attached hydrogen (secondary N) is 2. The summed E-state index contributed by atoms with van der Waals surface area (Å²) in [5.41, 5.74) is 2.31. The number of hydrogen-bond acceptors (Lipinski definition) is 3. The first kappa shape index (κ1) is 13.3. The number of imidazole rings is 1. The molecule has 2 N–H and O–H groups in total. The molecular weight excluding hydrogens is 264 g/mol. The number of amides is 1. The van der Waals surface area contributed by atoms with Crippen molar-refractivity contribution in [3.8, 4) is 0 Å². The van der Waals surface area contributed by atoms with Gasteiger partial charge < -0.3 is 10.3 Å². The van der Waals surface area contributed by atoms with Gasteiger partial charge in [0.05, 0.1) is 11.0 Å². The van der Waals surface area contributed by atoms with Gasteiger partial charge in [0, 0.05) is 17.7 Å². The molecule has 0 aliphatic rings. The summed E-state index contributed by atoms with van der Waals surface area (Å²) >= 11 is 0. The van der Waals surface area contributed by atoms with Crippen molar-refractivity contribution in [3.05, 3.63) is 54.0 Å². The maximum atomic E-state index is 12.2. The summed E-state index contributed by atoms with van der Waals surface area (Å²) in [5.74, 6) is 1.60. The van der Waals surface area contributed by atoms with Gasteiger partial charge >= 0.3 is 0 Å². The lowest BCUT2D eigenvalue weighted by atomic mass is 10.2. The van der Waals surface area contributed by atoms with Crippen molar-refractivity contribution < 1.29 is 4.79 Å². The van der Waals surface area contributed by atoms with E-state index in [9.17, 15) is 4.79 Å². The van der Waals surface area contributed by atoms with Crippen molar-refractivity contribution in [1.29, 1.82) is 0 Å². The lowest BCUT2D eigenvalue weighted by molar-refractivity contribution is 0.102. The second kappa shape index (κ2) is 5.36. The summed E-state index contributed by atoms with van der Waals surface area (Å²) in [6.07, 6.45) is 1.64. The van der Waals surface area contributed by atoms with Gasteiger partial charge in [0.2, 0.25) is 0 Å². The van der Waals surface area contributed by atoms with Gasteiger partial charge in [-0.05, 0) is 30.3 Å². The Kier molecular flexibility index (Phi) is 3.39. The number of aromatic amines is 1. The third kappa shape index (κ3) is 2.76. The normalized spacial score (nSPS) is 11.0. The van der Waals surface area contributed by atoms with Crippen LogP contribution in [0.15, 0.2) is 42.6 Å². The van der Waals surface area contributed by atoms with Crippen LogP contribution in [0.4, 0.5) is 5.82 Å². The Morgan fingerprint density at radius 3 is 2.81 bits per heavy atom. The van der Waals surface area contributed by atoms with E-state index in [4.69, 9.17) is 0 Å². The van der Waals surface area contributed by atoms with Crippen LogP contribution in [0.5, 0.6) is 0 Å². The van der Waals surface area contributed by atoms with Crippen molar-refractivity contribution in [2.75, 3.05) is 5.32 Å². The van der Waals surface area contributed by atoms with Crippen LogP contribution >= 0.6 is 0 Å². The fourth-order valence-electron chi connectivity index (χ4n) is 2.07. The van der Waals surface area contributed by atoms with Crippen LogP contribution in [0.2, 0.25) is 0 Å². The third-order valence-electron chi connectivity index (χ3n) is 3.22. The predicted molar refractivity (Wildman–Crippen MR) is 82.4 cm³/mol. The number of H-pyrrole nitrogens is 1. The SMILES string of the molecule is CC(C)c1nc2ccc(C(=O)Nc3ccccn3)cc2[nH]1. The minimum atomic E-state index is -0.184. The van der Waals surface area contributed by atoms with E-state index < -0.39 is 0 Å². The van der Waals surface area contributed by atoms with Gasteiger partial charge in [-0.15, -0.1) is 0 Å². The Labute approximate surface area is 122 Å². The molecule has 1 aromatic carbocycles. The fraction of sp³-hybridized carbons (Fsp3) is 0.188. The van der Waals surface area contributed by atoms with E-state index in [-0.39, 0.29) is 5.91 Å². The Hall–Kier alpha value is -2.69. The van der Waals surface area contributed by atoms with Crippen LogP contribution in [-0.4, -0.2) is 20.9 Å². The number of benzene rings is 1. The molecule has 0 unspecified atom stereocenters. The topological polar surface area (TPSA) is 70.7 Å². The van der Waals surface area contributed by atoms with E-state index in [0.29, 0.717) is 17.3 Å². The highest BCUT2D eigenvalue weighted by Gasteiger charge is 2.11. The molecule has 0 spiro atoms. The first-order chi connectivity index (χ1) is 10.1. The standard InChI is InChI=1S/C16H16N4O/c1-10(2)15-18-12-7-6-11(9-13(12)19-15)16(21)20-14-5-3-4-8-17-14/h3-10H,1-2H3,(H,18,19)(H,17,20,21). The zero-order valence-corrected chi connectivity index (χ0v) is 11.9. The Morgan fingerprint density at radius 2 is 2.10 bits per heavy atom. The Bertz CT molecular complexity index is 777. The molecule has 0 saturated heterocycles. The van der Waals surface area contributed by atoms with E-state index in [1.165, 1.54) is 0 Å². The van der Waals surface area contributed by atoms with E-state index in [0.717, 1.165) is 16.9 Å². The number of hydrogen-bond donors (Lipinski definition) is 2. The molecule has 0 atom stereocenters. The number of rotatable bonds is 3. The van der Waals surface area contributed by atoms with Crippen LogP contribution in [0.25, 0.3) is 11.0 Å². The molecule has 0 aliphatic carbocycles. The smallest absolute Gasteiger partial charge is 0.256 e. The molecule has 0 aliphatic heterocycles. The summed E-state index contributed by atoms with van der Waals surface area (Å²) in [5, 5.41) is 2.77. The molecule has 0 saturated carbocycles. The number of carbonyl (C=O) groups excluding carboxylic acids is 1. The van der Waals surface area contributed by atoms with E-state index in [1.807, 2.05) is 18.2 Å². The monoisotopic (exact) mass is 280 g/mol. The number of fused-ring (bicyclic) bond motifs is 1. The molecule has 0 fully saturated rings. The highest BCUT2D eigenvalue weighted by molar-refractivity contribution is 6.05. The van der Waals surface area contributed by atoms with Crippen LogP contribution in [0.3, 0.4) is 0 Å². The maximum absolute atomic E-state index is 12.2.